The third kappa shape index (κ3) is 3.73. The number of pyridine rings is 1. The van der Waals surface area contributed by atoms with Gasteiger partial charge in [0.05, 0.1) is 22.8 Å². The van der Waals surface area contributed by atoms with E-state index in [1.54, 1.807) is 4.90 Å². The lowest BCUT2D eigenvalue weighted by Crippen LogP contribution is -2.41. The molecule has 2 aliphatic heterocycles. The highest BCUT2D eigenvalue weighted by Gasteiger charge is 2.36. The van der Waals surface area contributed by atoms with Crippen molar-refractivity contribution in [3.8, 4) is 0 Å². The number of aryl methyl sites for hydroxylation is 1. The van der Waals surface area contributed by atoms with E-state index in [4.69, 9.17) is 11.6 Å². The fourth-order valence-corrected chi connectivity index (χ4v) is 4.45. The SMILES string of the molecule is C[C@H]1CCN(C(=O)[C@@H]2CCCc3nn(Cc4nccc(C(F)(F)F)c4Cl)c(=O)n32)C1. The molecule has 0 N–H and O–H groups in total. The summed E-state index contributed by atoms with van der Waals surface area (Å²) >= 11 is 5.91. The van der Waals surface area contributed by atoms with Crippen LogP contribution in [-0.2, 0) is 23.9 Å². The Morgan fingerprint density at radius 2 is 2.10 bits per heavy atom. The van der Waals surface area contributed by atoms with Crippen LogP contribution in [0.1, 0.15) is 49.3 Å². The highest BCUT2D eigenvalue weighted by atomic mass is 35.5. The van der Waals surface area contributed by atoms with E-state index in [9.17, 15) is 22.8 Å². The quantitative estimate of drug-likeness (QED) is 0.731. The number of hydrogen-bond acceptors (Lipinski definition) is 4. The maximum atomic E-state index is 13.1. The molecule has 4 rings (SSSR count). The molecule has 11 heteroatoms. The van der Waals surface area contributed by atoms with Gasteiger partial charge in [0, 0.05) is 25.7 Å². The average Bonchev–Trinajstić information content (AvgIpc) is 3.25. The minimum absolute atomic E-state index is 0.0970. The minimum Gasteiger partial charge on any atom is -0.341 e. The first-order chi connectivity index (χ1) is 14.2. The number of likely N-dealkylation sites (tertiary alicyclic amines) is 1. The van der Waals surface area contributed by atoms with Crippen LogP contribution in [0, 0.1) is 5.92 Å². The van der Waals surface area contributed by atoms with Gasteiger partial charge in [-0.05, 0) is 31.2 Å². The molecule has 2 aliphatic rings. The van der Waals surface area contributed by atoms with Gasteiger partial charge < -0.3 is 4.90 Å². The van der Waals surface area contributed by atoms with Crippen LogP contribution >= 0.6 is 11.6 Å². The highest BCUT2D eigenvalue weighted by Crippen LogP contribution is 2.35. The van der Waals surface area contributed by atoms with E-state index in [0.29, 0.717) is 44.1 Å². The van der Waals surface area contributed by atoms with Crippen LogP contribution in [0.15, 0.2) is 17.1 Å². The van der Waals surface area contributed by atoms with Crippen molar-refractivity contribution in [2.75, 3.05) is 13.1 Å². The molecule has 2 atom stereocenters. The van der Waals surface area contributed by atoms with Crippen molar-refractivity contribution in [2.45, 2.75) is 51.4 Å². The van der Waals surface area contributed by atoms with Crippen molar-refractivity contribution >= 4 is 17.5 Å². The Hall–Kier alpha value is -2.36. The minimum atomic E-state index is -4.63. The summed E-state index contributed by atoms with van der Waals surface area (Å²) < 4.78 is 41.7. The van der Waals surface area contributed by atoms with E-state index in [1.165, 1.54) is 4.57 Å². The fraction of sp³-hybridized carbons (Fsp3) is 0.579. The zero-order valence-electron chi connectivity index (χ0n) is 16.3. The molecule has 1 amide bonds. The molecule has 0 spiro atoms. The number of alkyl halides is 3. The molecule has 0 unspecified atom stereocenters. The molecule has 162 valence electrons. The first kappa shape index (κ1) is 20.9. The molecule has 7 nitrogen and oxygen atoms in total. The van der Waals surface area contributed by atoms with Gasteiger partial charge in [0.1, 0.15) is 11.9 Å². The van der Waals surface area contributed by atoms with Crippen LogP contribution in [0.3, 0.4) is 0 Å². The lowest BCUT2D eigenvalue weighted by Gasteiger charge is -2.27. The van der Waals surface area contributed by atoms with Gasteiger partial charge in [-0.3, -0.25) is 14.3 Å². The van der Waals surface area contributed by atoms with Crippen LogP contribution in [0.5, 0.6) is 0 Å². The second kappa shape index (κ2) is 7.72. The molecule has 2 aromatic heterocycles. The van der Waals surface area contributed by atoms with Crippen LogP contribution in [0.2, 0.25) is 5.02 Å². The fourth-order valence-electron chi connectivity index (χ4n) is 4.17. The summed E-state index contributed by atoms with van der Waals surface area (Å²) in [4.78, 5) is 31.7. The number of fused-ring (bicyclic) bond motifs is 1. The summed E-state index contributed by atoms with van der Waals surface area (Å²) in [6, 6.07) is 0.156. The van der Waals surface area contributed by atoms with Gasteiger partial charge in [-0.25, -0.2) is 9.48 Å². The monoisotopic (exact) mass is 443 g/mol. The molecular formula is C19H21ClF3N5O2. The van der Waals surface area contributed by atoms with Crippen molar-refractivity contribution in [1.29, 1.82) is 0 Å². The lowest BCUT2D eigenvalue weighted by atomic mass is 10.0. The Labute approximate surface area is 175 Å². The number of rotatable bonds is 3. The number of aromatic nitrogens is 4. The van der Waals surface area contributed by atoms with Gasteiger partial charge in [-0.15, -0.1) is 0 Å². The van der Waals surface area contributed by atoms with Crippen molar-refractivity contribution in [3.63, 3.8) is 0 Å². The van der Waals surface area contributed by atoms with Gasteiger partial charge in [-0.1, -0.05) is 18.5 Å². The highest BCUT2D eigenvalue weighted by molar-refractivity contribution is 6.32. The van der Waals surface area contributed by atoms with E-state index >= 15 is 0 Å². The first-order valence-corrected chi connectivity index (χ1v) is 10.2. The predicted molar refractivity (Wildman–Crippen MR) is 102 cm³/mol. The van der Waals surface area contributed by atoms with Gasteiger partial charge in [-0.2, -0.15) is 18.3 Å². The van der Waals surface area contributed by atoms with Crippen molar-refractivity contribution in [3.05, 3.63) is 44.9 Å². The molecule has 0 radical (unpaired) electrons. The smallest absolute Gasteiger partial charge is 0.341 e. The summed E-state index contributed by atoms with van der Waals surface area (Å²) in [5.74, 6) is 0.780. The first-order valence-electron chi connectivity index (χ1n) is 9.84. The molecule has 30 heavy (non-hydrogen) atoms. The van der Waals surface area contributed by atoms with Crippen LogP contribution < -0.4 is 5.69 Å². The Morgan fingerprint density at radius 3 is 2.77 bits per heavy atom. The number of hydrogen-bond donors (Lipinski definition) is 0. The van der Waals surface area contributed by atoms with Crippen molar-refractivity contribution in [2.24, 2.45) is 5.92 Å². The molecule has 4 heterocycles. The second-order valence-electron chi connectivity index (χ2n) is 7.93. The number of carbonyl (C=O) groups is 1. The second-order valence-corrected chi connectivity index (χ2v) is 8.31. The predicted octanol–water partition coefficient (Wildman–Crippen LogP) is 2.91. The van der Waals surface area contributed by atoms with E-state index < -0.39 is 28.5 Å². The standard InChI is InChI=1S/C19H21ClF3N5O2/c1-11-6-8-26(9-11)17(29)14-3-2-4-15-25-27(18(30)28(14)15)10-13-16(20)12(5-7-24-13)19(21,22)23/h5,7,11,14H,2-4,6,8-10H2,1H3/t11-,14-/m0/s1. The molecule has 1 fully saturated rings. The molecule has 1 saturated heterocycles. The van der Waals surface area contributed by atoms with E-state index in [-0.39, 0.29) is 18.1 Å². The molecule has 0 aliphatic carbocycles. The number of halogens is 4. The number of amides is 1. The maximum Gasteiger partial charge on any atom is 0.417 e. The Morgan fingerprint density at radius 1 is 1.33 bits per heavy atom. The van der Waals surface area contributed by atoms with Gasteiger partial charge in [0.25, 0.3) is 0 Å². The lowest BCUT2D eigenvalue weighted by molar-refractivity contribution is -0.137. The van der Waals surface area contributed by atoms with Gasteiger partial charge in [0.15, 0.2) is 0 Å². The third-order valence-electron chi connectivity index (χ3n) is 5.72. The third-order valence-corrected chi connectivity index (χ3v) is 6.14. The van der Waals surface area contributed by atoms with Crippen molar-refractivity contribution < 1.29 is 18.0 Å². The number of carbonyl (C=O) groups excluding carboxylic acids is 1. The Balaban J connectivity index is 1.65. The molecule has 0 bridgehead atoms. The zero-order valence-corrected chi connectivity index (χ0v) is 17.1. The number of nitrogens with zero attached hydrogens (tertiary/aromatic N) is 5. The van der Waals surface area contributed by atoms with E-state index in [2.05, 4.69) is 17.0 Å². The van der Waals surface area contributed by atoms with Crippen LogP contribution in [0.4, 0.5) is 13.2 Å². The van der Waals surface area contributed by atoms with Crippen LogP contribution in [0.25, 0.3) is 0 Å². The van der Waals surface area contributed by atoms with Gasteiger partial charge in [0.2, 0.25) is 5.91 Å². The molecule has 0 aromatic carbocycles. The maximum absolute atomic E-state index is 13.1. The molecular weight excluding hydrogens is 423 g/mol. The summed E-state index contributed by atoms with van der Waals surface area (Å²) in [6.07, 6.45) is -0.932. The summed E-state index contributed by atoms with van der Waals surface area (Å²) in [5, 5.41) is 3.72. The van der Waals surface area contributed by atoms with E-state index in [0.717, 1.165) is 23.4 Å². The summed E-state index contributed by atoms with van der Waals surface area (Å²) in [6.45, 7) is 3.11. The Bertz CT molecular complexity index is 1030. The van der Waals surface area contributed by atoms with Gasteiger partial charge >= 0.3 is 11.9 Å². The largest absolute Gasteiger partial charge is 0.417 e. The average molecular weight is 444 g/mol. The summed E-state index contributed by atoms with van der Waals surface area (Å²) in [7, 11) is 0. The topological polar surface area (TPSA) is 73.0 Å². The molecule has 2 aromatic rings. The normalized spacial score (nSPS) is 21.7. The van der Waals surface area contributed by atoms with E-state index in [1.807, 2.05) is 0 Å². The molecule has 0 saturated carbocycles. The Kier molecular flexibility index (Phi) is 5.37. The van der Waals surface area contributed by atoms with Crippen molar-refractivity contribution in [1.82, 2.24) is 24.2 Å². The summed E-state index contributed by atoms with van der Waals surface area (Å²) in [5.41, 5.74) is -1.65. The zero-order chi connectivity index (χ0) is 21.6. The van der Waals surface area contributed by atoms with Crippen LogP contribution in [-0.4, -0.2) is 43.2 Å².